The van der Waals surface area contributed by atoms with Crippen molar-refractivity contribution in [2.24, 2.45) is 0 Å². The largest absolute Gasteiger partial charge is 0.357 e. The van der Waals surface area contributed by atoms with Gasteiger partial charge in [-0.05, 0) is 25.7 Å². The third kappa shape index (κ3) is 1.31. The summed E-state index contributed by atoms with van der Waals surface area (Å²) in [5, 5.41) is 13.9. The molecule has 2 saturated carbocycles. The number of aromatic nitrogens is 2. The van der Waals surface area contributed by atoms with Crippen LogP contribution in [0.1, 0.15) is 36.6 Å². The van der Waals surface area contributed by atoms with Crippen molar-refractivity contribution in [3.8, 4) is 0 Å². The van der Waals surface area contributed by atoms with Crippen molar-refractivity contribution in [1.82, 2.24) is 10.2 Å². The van der Waals surface area contributed by atoms with Gasteiger partial charge in [-0.25, -0.2) is 0 Å². The Labute approximate surface area is 75.2 Å². The molecule has 0 amide bonds. The van der Waals surface area contributed by atoms with Gasteiger partial charge in [0.2, 0.25) is 5.13 Å². The van der Waals surface area contributed by atoms with Crippen LogP contribution in [0.25, 0.3) is 0 Å². The van der Waals surface area contributed by atoms with E-state index in [1.807, 2.05) is 0 Å². The molecular weight excluding hydrogens is 170 g/mol. The number of nitrogens with one attached hydrogen (secondary N) is 1. The van der Waals surface area contributed by atoms with Gasteiger partial charge >= 0.3 is 0 Å². The molecule has 0 saturated heterocycles. The van der Waals surface area contributed by atoms with Gasteiger partial charge in [0.15, 0.2) is 0 Å². The first-order valence-electron chi connectivity index (χ1n) is 4.52. The molecule has 12 heavy (non-hydrogen) atoms. The first kappa shape index (κ1) is 6.83. The zero-order valence-electron chi connectivity index (χ0n) is 6.79. The fourth-order valence-corrected chi connectivity index (χ4v) is 2.18. The molecule has 3 nitrogen and oxygen atoms in total. The quantitative estimate of drug-likeness (QED) is 0.775. The van der Waals surface area contributed by atoms with Crippen molar-refractivity contribution < 1.29 is 0 Å². The number of rotatable bonds is 3. The van der Waals surface area contributed by atoms with Crippen molar-refractivity contribution in [2.45, 2.75) is 37.6 Å². The van der Waals surface area contributed by atoms with E-state index in [0.29, 0.717) is 6.04 Å². The van der Waals surface area contributed by atoms with E-state index in [2.05, 4.69) is 15.5 Å². The third-order valence-corrected chi connectivity index (χ3v) is 3.29. The highest BCUT2D eigenvalue weighted by atomic mass is 32.1. The summed E-state index contributed by atoms with van der Waals surface area (Å²) in [5.41, 5.74) is 0. The van der Waals surface area contributed by atoms with Crippen molar-refractivity contribution in [2.75, 3.05) is 5.32 Å². The number of hydrogen-bond donors (Lipinski definition) is 1. The maximum Gasteiger partial charge on any atom is 0.205 e. The van der Waals surface area contributed by atoms with E-state index in [4.69, 9.17) is 0 Å². The van der Waals surface area contributed by atoms with Crippen LogP contribution in [0.5, 0.6) is 0 Å². The first-order valence-corrected chi connectivity index (χ1v) is 5.33. The van der Waals surface area contributed by atoms with Crippen LogP contribution in [0, 0.1) is 0 Å². The van der Waals surface area contributed by atoms with Crippen molar-refractivity contribution in [3.63, 3.8) is 0 Å². The van der Waals surface area contributed by atoms with E-state index in [1.54, 1.807) is 11.3 Å². The van der Waals surface area contributed by atoms with Crippen LogP contribution in [0.3, 0.4) is 0 Å². The molecule has 0 spiro atoms. The molecule has 4 heteroatoms. The monoisotopic (exact) mass is 181 g/mol. The summed E-state index contributed by atoms with van der Waals surface area (Å²) in [7, 11) is 0. The second kappa shape index (κ2) is 2.42. The average Bonchev–Trinajstić information content (AvgIpc) is 2.92. The Morgan fingerprint density at radius 3 is 2.67 bits per heavy atom. The van der Waals surface area contributed by atoms with Crippen molar-refractivity contribution in [3.05, 3.63) is 5.01 Å². The molecule has 1 heterocycles. The molecule has 0 bridgehead atoms. The van der Waals surface area contributed by atoms with Gasteiger partial charge in [-0.3, -0.25) is 0 Å². The fourth-order valence-electron chi connectivity index (χ4n) is 1.19. The summed E-state index contributed by atoms with van der Waals surface area (Å²) in [6.45, 7) is 0. The van der Waals surface area contributed by atoms with E-state index in [9.17, 15) is 0 Å². The third-order valence-electron chi connectivity index (χ3n) is 2.27. The van der Waals surface area contributed by atoms with E-state index in [-0.39, 0.29) is 0 Å². The Kier molecular flexibility index (Phi) is 1.38. The average molecular weight is 181 g/mol. The Bertz CT molecular complexity index is 288. The lowest BCUT2D eigenvalue weighted by molar-refractivity contribution is 0.967. The maximum atomic E-state index is 4.17. The van der Waals surface area contributed by atoms with Crippen LogP contribution < -0.4 is 5.32 Å². The summed E-state index contributed by atoms with van der Waals surface area (Å²) in [6.07, 6.45) is 5.24. The molecule has 2 fully saturated rings. The molecule has 0 atom stereocenters. The predicted octanol–water partition coefficient (Wildman–Crippen LogP) is 1.99. The Hall–Kier alpha value is -0.640. The van der Waals surface area contributed by atoms with Gasteiger partial charge in [-0.1, -0.05) is 11.3 Å². The summed E-state index contributed by atoms with van der Waals surface area (Å²) in [4.78, 5) is 0. The molecule has 1 aromatic heterocycles. The van der Waals surface area contributed by atoms with Crippen LogP contribution in [0.15, 0.2) is 0 Å². The zero-order chi connectivity index (χ0) is 7.97. The van der Waals surface area contributed by atoms with Crippen LogP contribution in [0.2, 0.25) is 0 Å². The van der Waals surface area contributed by atoms with Gasteiger partial charge in [-0.15, -0.1) is 10.2 Å². The van der Waals surface area contributed by atoms with Gasteiger partial charge in [0.25, 0.3) is 0 Å². The fraction of sp³-hybridized carbons (Fsp3) is 0.750. The summed E-state index contributed by atoms with van der Waals surface area (Å²) < 4.78 is 0. The van der Waals surface area contributed by atoms with Gasteiger partial charge in [0.05, 0.1) is 0 Å². The summed E-state index contributed by atoms with van der Waals surface area (Å²) in [5.74, 6) is 0.747. The highest BCUT2D eigenvalue weighted by Gasteiger charge is 2.28. The second-order valence-corrected chi connectivity index (χ2v) is 4.65. The molecule has 1 N–H and O–H groups in total. The van der Waals surface area contributed by atoms with Crippen molar-refractivity contribution in [1.29, 1.82) is 0 Å². The van der Waals surface area contributed by atoms with Gasteiger partial charge in [0, 0.05) is 12.0 Å². The van der Waals surface area contributed by atoms with Crippen LogP contribution in [-0.2, 0) is 0 Å². The zero-order valence-corrected chi connectivity index (χ0v) is 7.60. The minimum Gasteiger partial charge on any atom is -0.357 e. The van der Waals surface area contributed by atoms with Crippen LogP contribution in [0.4, 0.5) is 5.13 Å². The number of nitrogens with zero attached hydrogens (tertiary/aromatic N) is 2. The van der Waals surface area contributed by atoms with Gasteiger partial charge < -0.3 is 5.32 Å². The lowest BCUT2D eigenvalue weighted by Crippen LogP contribution is -1.99. The standard InChI is InChI=1S/C8H11N3S/c1-2-5(1)7-10-11-8(12-7)9-6-3-4-6/h5-6H,1-4H2,(H,9,11). The second-order valence-electron chi connectivity index (χ2n) is 3.64. The molecular formula is C8H11N3S. The molecule has 3 rings (SSSR count). The Balaban J connectivity index is 1.72. The molecule has 64 valence electrons. The SMILES string of the molecule is C1CC1Nc1nnc(C2CC2)s1. The van der Waals surface area contributed by atoms with Gasteiger partial charge in [0.1, 0.15) is 5.01 Å². The molecule has 0 aliphatic heterocycles. The lowest BCUT2D eigenvalue weighted by Gasteiger charge is -1.93. The number of anilines is 1. The highest BCUT2D eigenvalue weighted by molar-refractivity contribution is 7.15. The molecule has 2 aliphatic carbocycles. The van der Waals surface area contributed by atoms with E-state index >= 15 is 0 Å². The summed E-state index contributed by atoms with van der Waals surface area (Å²) >= 11 is 1.74. The minimum absolute atomic E-state index is 0.699. The minimum atomic E-state index is 0.699. The van der Waals surface area contributed by atoms with Crippen LogP contribution in [-0.4, -0.2) is 16.2 Å². The molecule has 1 aromatic rings. The molecule has 0 unspecified atom stereocenters. The molecule has 2 aliphatic rings. The topological polar surface area (TPSA) is 37.8 Å². The smallest absolute Gasteiger partial charge is 0.205 e. The number of hydrogen-bond acceptors (Lipinski definition) is 4. The van der Waals surface area contributed by atoms with Crippen molar-refractivity contribution >= 4 is 16.5 Å². The highest BCUT2D eigenvalue weighted by Crippen LogP contribution is 2.42. The molecule has 0 aromatic carbocycles. The Morgan fingerprint density at radius 2 is 2.00 bits per heavy atom. The van der Waals surface area contributed by atoms with Crippen LogP contribution >= 0.6 is 11.3 Å². The van der Waals surface area contributed by atoms with E-state index < -0.39 is 0 Å². The predicted molar refractivity (Wildman–Crippen MR) is 48.5 cm³/mol. The maximum absolute atomic E-state index is 4.17. The normalized spacial score (nSPS) is 22.7. The van der Waals surface area contributed by atoms with E-state index in [0.717, 1.165) is 11.0 Å². The lowest BCUT2D eigenvalue weighted by atomic mass is 10.5. The summed E-state index contributed by atoms with van der Waals surface area (Å²) in [6, 6.07) is 0.699. The van der Waals surface area contributed by atoms with E-state index in [1.165, 1.54) is 30.7 Å². The first-order chi connectivity index (χ1) is 5.92. The Morgan fingerprint density at radius 1 is 1.17 bits per heavy atom. The van der Waals surface area contributed by atoms with Gasteiger partial charge in [-0.2, -0.15) is 0 Å². The molecule has 0 radical (unpaired) electrons.